The van der Waals surface area contributed by atoms with Crippen molar-refractivity contribution in [3.05, 3.63) is 11.6 Å². The molecule has 1 N–H and O–H groups in total. The Hall–Kier alpha value is -0.630. The predicted molar refractivity (Wildman–Crippen MR) is 70.8 cm³/mol. The number of hydrogen-bond acceptors (Lipinski definition) is 2. The van der Waals surface area contributed by atoms with Crippen LogP contribution < -0.4 is 0 Å². The second-order valence-corrected chi connectivity index (χ2v) is 5.73. The van der Waals surface area contributed by atoms with Crippen molar-refractivity contribution in [3.63, 3.8) is 0 Å². The lowest BCUT2D eigenvalue weighted by Gasteiger charge is -2.25. The van der Waals surface area contributed by atoms with Crippen molar-refractivity contribution in [2.45, 2.75) is 52.9 Å². The molecule has 0 aliphatic heterocycles. The molecule has 0 bridgehead atoms. The first kappa shape index (κ1) is 14.4. The van der Waals surface area contributed by atoms with E-state index in [0.29, 0.717) is 17.6 Å². The van der Waals surface area contributed by atoms with E-state index in [2.05, 4.69) is 13.8 Å². The van der Waals surface area contributed by atoms with Gasteiger partial charge in [-0.3, -0.25) is 4.79 Å². The third kappa shape index (κ3) is 4.63. The molecule has 0 saturated carbocycles. The fourth-order valence-corrected chi connectivity index (χ4v) is 2.59. The summed E-state index contributed by atoms with van der Waals surface area (Å²) in [5, 5.41) is 8.96. The Labute approximate surface area is 105 Å². The highest BCUT2D eigenvalue weighted by Gasteiger charge is 2.26. The van der Waals surface area contributed by atoms with Crippen molar-refractivity contribution in [2.75, 3.05) is 6.61 Å². The third-order valence-electron chi connectivity index (χ3n) is 3.96. The van der Waals surface area contributed by atoms with Gasteiger partial charge in [0.15, 0.2) is 5.78 Å². The molecule has 1 aliphatic rings. The minimum atomic E-state index is 0.239. The van der Waals surface area contributed by atoms with E-state index in [-0.39, 0.29) is 12.5 Å². The van der Waals surface area contributed by atoms with Crippen LogP contribution in [0.1, 0.15) is 52.9 Å². The van der Waals surface area contributed by atoms with Gasteiger partial charge in [-0.25, -0.2) is 0 Å². The Morgan fingerprint density at radius 2 is 2.12 bits per heavy atom. The van der Waals surface area contributed by atoms with E-state index in [1.165, 1.54) is 5.57 Å². The number of allylic oxidation sites excluding steroid dienone is 2. The zero-order valence-corrected chi connectivity index (χ0v) is 11.4. The normalized spacial score (nSPS) is 24.4. The van der Waals surface area contributed by atoms with Crippen molar-refractivity contribution in [3.8, 4) is 0 Å². The number of carbonyl (C=O) groups is 1. The Morgan fingerprint density at radius 3 is 2.71 bits per heavy atom. The maximum atomic E-state index is 11.9. The summed E-state index contributed by atoms with van der Waals surface area (Å²) in [5.74, 6) is 1.45. The van der Waals surface area contributed by atoms with Gasteiger partial charge >= 0.3 is 0 Å². The van der Waals surface area contributed by atoms with Crippen molar-refractivity contribution in [2.24, 2.45) is 17.8 Å². The molecule has 0 aromatic heterocycles. The average Bonchev–Trinajstić information content (AvgIpc) is 2.28. The van der Waals surface area contributed by atoms with Crippen LogP contribution in [-0.4, -0.2) is 17.5 Å². The largest absolute Gasteiger partial charge is 0.396 e. The summed E-state index contributed by atoms with van der Waals surface area (Å²) < 4.78 is 0. The van der Waals surface area contributed by atoms with Crippen LogP contribution in [0.2, 0.25) is 0 Å². The SMILES string of the molecule is CC1=CC(=O)[C@@H]([C@H](C)CCC[C@@H](C)CO)CC1. The smallest absolute Gasteiger partial charge is 0.158 e. The molecule has 0 spiro atoms. The monoisotopic (exact) mass is 238 g/mol. The van der Waals surface area contributed by atoms with Crippen molar-refractivity contribution in [1.82, 2.24) is 0 Å². The van der Waals surface area contributed by atoms with Crippen LogP contribution >= 0.6 is 0 Å². The Bertz CT molecular complexity index is 281. The van der Waals surface area contributed by atoms with Crippen molar-refractivity contribution >= 4 is 5.78 Å². The van der Waals surface area contributed by atoms with Crippen LogP contribution in [0.3, 0.4) is 0 Å². The molecule has 0 aromatic carbocycles. The van der Waals surface area contributed by atoms with E-state index in [1.807, 2.05) is 13.0 Å². The second-order valence-electron chi connectivity index (χ2n) is 5.73. The van der Waals surface area contributed by atoms with Gasteiger partial charge in [-0.1, -0.05) is 25.8 Å². The number of rotatable bonds is 6. The van der Waals surface area contributed by atoms with Gasteiger partial charge in [-0.05, 0) is 50.5 Å². The molecule has 0 heterocycles. The molecule has 1 rings (SSSR count). The van der Waals surface area contributed by atoms with E-state index >= 15 is 0 Å². The van der Waals surface area contributed by atoms with Gasteiger partial charge in [0.25, 0.3) is 0 Å². The predicted octanol–water partition coefficient (Wildman–Crippen LogP) is 3.35. The summed E-state index contributed by atoms with van der Waals surface area (Å²) in [6, 6.07) is 0. The first-order valence-electron chi connectivity index (χ1n) is 6.86. The Balaban J connectivity index is 2.33. The van der Waals surface area contributed by atoms with Gasteiger partial charge in [-0.2, -0.15) is 0 Å². The van der Waals surface area contributed by atoms with E-state index in [1.54, 1.807) is 0 Å². The van der Waals surface area contributed by atoms with Gasteiger partial charge in [-0.15, -0.1) is 0 Å². The molecule has 98 valence electrons. The number of ketones is 1. The summed E-state index contributed by atoms with van der Waals surface area (Å²) in [6.45, 7) is 6.59. The quantitative estimate of drug-likeness (QED) is 0.770. The summed E-state index contributed by atoms with van der Waals surface area (Å²) >= 11 is 0. The highest BCUT2D eigenvalue weighted by molar-refractivity contribution is 5.93. The number of aliphatic hydroxyl groups excluding tert-OH is 1. The highest BCUT2D eigenvalue weighted by atomic mass is 16.3. The number of aliphatic hydroxyl groups is 1. The van der Waals surface area contributed by atoms with Gasteiger partial charge in [0.2, 0.25) is 0 Å². The Morgan fingerprint density at radius 1 is 1.41 bits per heavy atom. The molecular weight excluding hydrogens is 212 g/mol. The van der Waals surface area contributed by atoms with E-state index < -0.39 is 0 Å². The lowest BCUT2D eigenvalue weighted by molar-refractivity contribution is -0.120. The van der Waals surface area contributed by atoms with E-state index in [4.69, 9.17) is 5.11 Å². The van der Waals surface area contributed by atoms with Gasteiger partial charge < -0.3 is 5.11 Å². The maximum absolute atomic E-state index is 11.9. The first-order valence-corrected chi connectivity index (χ1v) is 6.86. The zero-order chi connectivity index (χ0) is 12.8. The minimum absolute atomic E-state index is 0.239. The van der Waals surface area contributed by atoms with Crippen LogP contribution in [0.4, 0.5) is 0 Å². The van der Waals surface area contributed by atoms with Crippen LogP contribution in [0.5, 0.6) is 0 Å². The molecular formula is C15H26O2. The lowest BCUT2D eigenvalue weighted by atomic mass is 9.78. The summed E-state index contributed by atoms with van der Waals surface area (Å²) in [6.07, 6.45) is 7.23. The minimum Gasteiger partial charge on any atom is -0.396 e. The Kier molecular flexibility index (Phi) is 5.90. The molecule has 0 aromatic rings. The van der Waals surface area contributed by atoms with Crippen LogP contribution in [0, 0.1) is 17.8 Å². The molecule has 3 atom stereocenters. The van der Waals surface area contributed by atoms with E-state index in [9.17, 15) is 4.79 Å². The van der Waals surface area contributed by atoms with Crippen LogP contribution in [0.15, 0.2) is 11.6 Å². The molecule has 0 saturated heterocycles. The number of hydrogen-bond donors (Lipinski definition) is 1. The third-order valence-corrected chi connectivity index (χ3v) is 3.96. The topological polar surface area (TPSA) is 37.3 Å². The van der Waals surface area contributed by atoms with Crippen molar-refractivity contribution in [1.29, 1.82) is 0 Å². The molecule has 0 fully saturated rings. The van der Waals surface area contributed by atoms with Crippen LogP contribution in [-0.2, 0) is 4.79 Å². The molecule has 0 amide bonds. The van der Waals surface area contributed by atoms with E-state index in [0.717, 1.165) is 32.1 Å². The maximum Gasteiger partial charge on any atom is 0.158 e. The van der Waals surface area contributed by atoms with Crippen LogP contribution in [0.25, 0.3) is 0 Å². The fraction of sp³-hybridized carbons (Fsp3) is 0.800. The summed E-state index contributed by atoms with van der Waals surface area (Å²) in [4.78, 5) is 11.9. The first-order chi connectivity index (χ1) is 8.04. The van der Waals surface area contributed by atoms with Gasteiger partial charge in [0, 0.05) is 12.5 Å². The molecule has 1 aliphatic carbocycles. The van der Waals surface area contributed by atoms with Crippen molar-refractivity contribution < 1.29 is 9.90 Å². The fourth-order valence-electron chi connectivity index (χ4n) is 2.59. The lowest BCUT2D eigenvalue weighted by Crippen LogP contribution is -2.24. The highest BCUT2D eigenvalue weighted by Crippen LogP contribution is 2.29. The zero-order valence-electron chi connectivity index (χ0n) is 11.4. The van der Waals surface area contributed by atoms with Gasteiger partial charge in [0.05, 0.1) is 0 Å². The molecule has 0 unspecified atom stereocenters. The molecule has 17 heavy (non-hydrogen) atoms. The summed E-state index contributed by atoms with van der Waals surface area (Å²) in [7, 11) is 0. The standard InChI is InChI=1S/C15H26O2/c1-11-7-8-14(15(17)9-11)13(3)6-4-5-12(2)10-16/h9,12-14,16H,4-8,10H2,1-3H3/t12-,13-,14-/m1/s1. The molecule has 0 radical (unpaired) electrons. The van der Waals surface area contributed by atoms with Gasteiger partial charge in [0.1, 0.15) is 0 Å². The molecule has 2 nitrogen and oxygen atoms in total. The second kappa shape index (κ2) is 6.95. The molecule has 2 heteroatoms. The average molecular weight is 238 g/mol. The summed E-state index contributed by atoms with van der Waals surface area (Å²) in [5.41, 5.74) is 1.23. The number of carbonyl (C=O) groups excluding carboxylic acids is 1.